The predicted molar refractivity (Wildman–Crippen MR) is 148 cm³/mol. The third-order valence-corrected chi connectivity index (χ3v) is 6.88. The van der Waals surface area contributed by atoms with Crippen molar-refractivity contribution >= 4 is 35.0 Å². The van der Waals surface area contributed by atoms with Crippen LogP contribution < -0.4 is 24.8 Å². The Morgan fingerprint density at radius 2 is 1.47 bits per heavy atom. The summed E-state index contributed by atoms with van der Waals surface area (Å²) in [6, 6.07) is 31.5. The average Bonchev–Trinajstić information content (AvgIpc) is 2.96. The number of carbonyl (C=O) groups excluding carboxylic acids is 2. The summed E-state index contributed by atoms with van der Waals surface area (Å²) >= 11 is 1.40. The molecule has 4 aromatic rings. The van der Waals surface area contributed by atoms with E-state index in [4.69, 9.17) is 14.2 Å². The molecule has 0 aromatic heterocycles. The SMILES string of the molecule is O=C(COc1ccccc1)Nc1cccc(SC(C(=O)Nc2ccc3c(c2)OCCO3)c2ccccc2)c1. The van der Waals surface area contributed by atoms with E-state index in [0.717, 1.165) is 10.5 Å². The number of hydrogen-bond acceptors (Lipinski definition) is 6. The minimum absolute atomic E-state index is 0.105. The largest absolute Gasteiger partial charge is 0.486 e. The Balaban J connectivity index is 1.28. The first-order chi connectivity index (χ1) is 18.6. The highest BCUT2D eigenvalue weighted by Crippen LogP contribution is 2.38. The third kappa shape index (κ3) is 6.66. The number of para-hydroxylation sites is 1. The number of carbonyl (C=O) groups is 2. The summed E-state index contributed by atoms with van der Waals surface area (Å²) < 4.78 is 16.8. The van der Waals surface area contributed by atoms with Crippen LogP contribution in [0, 0.1) is 0 Å². The van der Waals surface area contributed by atoms with Gasteiger partial charge in [-0.15, -0.1) is 11.8 Å². The molecule has 8 heteroatoms. The number of hydrogen-bond donors (Lipinski definition) is 2. The lowest BCUT2D eigenvalue weighted by atomic mass is 10.1. The number of benzene rings is 4. The number of amides is 2. The van der Waals surface area contributed by atoms with Gasteiger partial charge < -0.3 is 24.8 Å². The Morgan fingerprint density at radius 3 is 2.26 bits per heavy atom. The van der Waals surface area contributed by atoms with E-state index in [1.54, 1.807) is 36.4 Å². The lowest BCUT2D eigenvalue weighted by Crippen LogP contribution is -2.20. The summed E-state index contributed by atoms with van der Waals surface area (Å²) in [4.78, 5) is 26.7. The fourth-order valence-electron chi connectivity index (χ4n) is 3.88. The summed E-state index contributed by atoms with van der Waals surface area (Å²) in [5.74, 6) is 1.45. The third-order valence-electron chi connectivity index (χ3n) is 5.64. The van der Waals surface area contributed by atoms with E-state index in [1.165, 1.54) is 11.8 Å². The first kappa shape index (κ1) is 25.2. The molecule has 1 heterocycles. The summed E-state index contributed by atoms with van der Waals surface area (Å²) in [5, 5.41) is 5.34. The van der Waals surface area contributed by atoms with E-state index in [0.29, 0.717) is 41.8 Å². The van der Waals surface area contributed by atoms with Gasteiger partial charge in [0.05, 0.1) is 0 Å². The van der Waals surface area contributed by atoms with Gasteiger partial charge >= 0.3 is 0 Å². The number of anilines is 2. The summed E-state index contributed by atoms with van der Waals surface area (Å²) in [6.07, 6.45) is 0. The zero-order valence-corrected chi connectivity index (χ0v) is 21.3. The number of rotatable bonds is 9. The minimum Gasteiger partial charge on any atom is -0.486 e. The summed E-state index contributed by atoms with van der Waals surface area (Å²) in [7, 11) is 0. The van der Waals surface area contributed by atoms with Gasteiger partial charge in [0.25, 0.3) is 5.91 Å². The van der Waals surface area contributed by atoms with Crippen molar-refractivity contribution in [2.45, 2.75) is 10.1 Å². The molecule has 2 amide bonds. The molecule has 0 bridgehead atoms. The number of fused-ring (bicyclic) bond motifs is 1. The molecule has 4 aromatic carbocycles. The monoisotopic (exact) mass is 526 g/mol. The molecule has 5 rings (SSSR count). The van der Waals surface area contributed by atoms with Gasteiger partial charge in [0.1, 0.15) is 24.2 Å². The van der Waals surface area contributed by atoms with Crippen molar-refractivity contribution in [1.29, 1.82) is 0 Å². The molecule has 192 valence electrons. The standard InChI is InChI=1S/C30H26N2O5S/c33-28(20-37-24-11-5-2-6-12-24)31-22-10-7-13-25(18-22)38-29(21-8-3-1-4-9-21)30(34)32-23-14-15-26-27(19-23)36-17-16-35-26/h1-15,18-19,29H,16-17,20H2,(H,31,33)(H,32,34). The van der Waals surface area contributed by atoms with Crippen molar-refractivity contribution in [3.8, 4) is 17.2 Å². The highest BCUT2D eigenvalue weighted by molar-refractivity contribution is 8.00. The molecule has 1 unspecified atom stereocenters. The van der Waals surface area contributed by atoms with Crippen molar-refractivity contribution in [3.05, 3.63) is 109 Å². The van der Waals surface area contributed by atoms with Crippen molar-refractivity contribution in [2.75, 3.05) is 30.5 Å². The molecule has 38 heavy (non-hydrogen) atoms. The highest BCUT2D eigenvalue weighted by atomic mass is 32.2. The Bertz CT molecular complexity index is 1400. The molecular formula is C30H26N2O5S. The van der Waals surface area contributed by atoms with Gasteiger partial charge in [-0.2, -0.15) is 0 Å². The maximum Gasteiger partial charge on any atom is 0.262 e. The maximum atomic E-state index is 13.5. The predicted octanol–water partition coefficient (Wildman–Crippen LogP) is 5.95. The lowest BCUT2D eigenvalue weighted by molar-refractivity contribution is -0.118. The smallest absolute Gasteiger partial charge is 0.262 e. The van der Waals surface area contributed by atoms with Crippen LogP contribution >= 0.6 is 11.8 Å². The first-order valence-electron chi connectivity index (χ1n) is 12.1. The van der Waals surface area contributed by atoms with Gasteiger partial charge in [-0.1, -0.05) is 54.6 Å². The van der Waals surface area contributed by atoms with E-state index in [-0.39, 0.29) is 18.4 Å². The van der Waals surface area contributed by atoms with Crippen LogP contribution in [0.3, 0.4) is 0 Å². The van der Waals surface area contributed by atoms with Crippen LogP contribution in [-0.4, -0.2) is 31.6 Å². The molecule has 7 nitrogen and oxygen atoms in total. The maximum absolute atomic E-state index is 13.5. The van der Waals surface area contributed by atoms with Crippen LogP contribution in [0.1, 0.15) is 10.8 Å². The molecule has 0 aliphatic carbocycles. The molecule has 0 saturated heterocycles. The van der Waals surface area contributed by atoms with Gasteiger partial charge in [0, 0.05) is 22.3 Å². The topological polar surface area (TPSA) is 85.9 Å². The van der Waals surface area contributed by atoms with E-state index in [1.807, 2.05) is 66.7 Å². The van der Waals surface area contributed by atoms with Crippen molar-refractivity contribution in [2.24, 2.45) is 0 Å². The van der Waals surface area contributed by atoms with Crippen LogP contribution in [0.15, 0.2) is 108 Å². The van der Waals surface area contributed by atoms with E-state index in [9.17, 15) is 9.59 Å². The van der Waals surface area contributed by atoms with Crippen molar-refractivity contribution < 1.29 is 23.8 Å². The Kier molecular flexibility index (Phi) is 8.10. The number of nitrogens with one attached hydrogen (secondary N) is 2. The van der Waals surface area contributed by atoms with Crippen molar-refractivity contribution in [1.82, 2.24) is 0 Å². The second kappa shape index (κ2) is 12.2. The quantitative estimate of drug-likeness (QED) is 0.262. The second-order valence-electron chi connectivity index (χ2n) is 8.43. The molecule has 0 fully saturated rings. The van der Waals surface area contributed by atoms with E-state index < -0.39 is 5.25 Å². The fraction of sp³-hybridized carbons (Fsp3) is 0.133. The molecule has 1 aliphatic rings. The van der Waals surface area contributed by atoms with Gasteiger partial charge in [0.2, 0.25) is 5.91 Å². The molecular weight excluding hydrogens is 500 g/mol. The molecule has 0 spiro atoms. The van der Waals surface area contributed by atoms with Crippen LogP contribution in [0.4, 0.5) is 11.4 Å². The molecule has 0 saturated carbocycles. The normalized spacial score (nSPS) is 12.7. The lowest BCUT2D eigenvalue weighted by Gasteiger charge is -2.20. The molecule has 1 atom stereocenters. The van der Waals surface area contributed by atoms with Crippen LogP contribution in [0.2, 0.25) is 0 Å². The molecule has 0 radical (unpaired) electrons. The molecule has 2 N–H and O–H groups in total. The summed E-state index contributed by atoms with van der Waals surface area (Å²) in [5.41, 5.74) is 2.11. The summed E-state index contributed by atoms with van der Waals surface area (Å²) in [6.45, 7) is 0.870. The minimum atomic E-state index is -0.531. The van der Waals surface area contributed by atoms with E-state index in [2.05, 4.69) is 10.6 Å². The Labute approximate surface area is 225 Å². The highest BCUT2D eigenvalue weighted by Gasteiger charge is 2.23. The average molecular weight is 527 g/mol. The Morgan fingerprint density at radius 1 is 0.763 bits per heavy atom. The zero-order chi connectivity index (χ0) is 26.2. The van der Waals surface area contributed by atoms with E-state index >= 15 is 0 Å². The fourth-order valence-corrected chi connectivity index (χ4v) is 4.96. The van der Waals surface area contributed by atoms with Crippen LogP contribution in [0.5, 0.6) is 17.2 Å². The Hall–Kier alpha value is -4.43. The number of ether oxygens (including phenoxy) is 3. The molecule has 1 aliphatic heterocycles. The first-order valence-corrected chi connectivity index (χ1v) is 13.0. The van der Waals surface area contributed by atoms with Gasteiger partial charge in [-0.3, -0.25) is 9.59 Å². The van der Waals surface area contributed by atoms with Gasteiger partial charge in [-0.05, 0) is 48.0 Å². The van der Waals surface area contributed by atoms with Crippen LogP contribution in [0.25, 0.3) is 0 Å². The second-order valence-corrected chi connectivity index (χ2v) is 9.61. The number of thioether (sulfide) groups is 1. The van der Waals surface area contributed by atoms with Gasteiger partial charge in [0.15, 0.2) is 18.1 Å². The van der Waals surface area contributed by atoms with Crippen molar-refractivity contribution in [3.63, 3.8) is 0 Å². The van der Waals surface area contributed by atoms with Gasteiger partial charge in [-0.25, -0.2) is 0 Å². The zero-order valence-electron chi connectivity index (χ0n) is 20.5. The van der Waals surface area contributed by atoms with Crippen LogP contribution in [-0.2, 0) is 9.59 Å².